The van der Waals surface area contributed by atoms with Crippen LogP contribution in [-0.4, -0.2) is 30.1 Å². The minimum Gasteiger partial charge on any atom is -0.329 e. The number of carbonyl (C=O) groups excluding carboxylic acids is 1. The maximum Gasteiger partial charge on any atom is 0.241 e. The average molecular weight is 204 g/mol. The number of nitrogens with one attached hydrogen (secondary N) is 1. The number of carbonyl (C=O) groups is 1. The smallest absolute Gasteiger partial charge is 0.241 e. The van der Waals surface area contributed by atoms with Gasteiger partial charge in [0.15, 0.2) is 0 Å². The summed E-state index contributed by atoms with van der Waals surface area (Å²) in [7, 11) is 1.84. The molecule has 0 saturated carbocycles. The Morgan fingerprint density at radius 3 is 2.53 bits per heavy atom. The Hall–Kier alpha value is -1.35. The molecule has 2 atom stereocenters. The molecule has 2 rings (SSSR count). The van der Waals surface area contributed by atoms with Crippen LogP contribution in [0.1, 0.15) is 12.5 Å². The van der Waals surface area contributed by atoms with Gasteiger partial charge in [0.25, 0.3) is 0 Å². The monoisotopic (exact) mass is 204 g/mol. The molecule has 0 radical (unpaired) electrons. The minimum absolute atomic E-state index is 0.0626. The third-order valence-electron chi connectivity index (χ3n) is 2.95. The quantitative estimate of drug-likeness (QED) is 0.779. The van der Waals surface area contributed by atoms with Crippen molar-refractivity contribution in [1.82, 2.24) is 10.2 Å². The highest BCUT2D eigenvalue weighted by Crippen LogP contribution is 2.12. The molecule has 0 aliphatic carbocycles. The molecule has 0 bridgehead atoms. The molecule has 0 spiro atoms. The molecule has 1 aliphatic rings. The van der Waals surface area contributed by atoms with E-state index in [9.17, 15) is 4.79 Å². The summed E-state index contributed by atoms with van der Waals surface area (Å²) in [5.74, 6) is 0.186. The van der Waals surface area contributed by atoms with Gasteiger partial charge >= 0.3 is 0 Å². The maximum absolute atomic E-state index is 11.8. The van der Waals surface area contributed by atoms with Gasteiger partial charge in [-0.05, 0) is 18.9 Å². The van der Waals surface area contributed by atoms with Gasteiger partial charge in [0.1, 0.15) is 0 Å². The highest BCUT2D eigenvalue weighted by molar-refractivity contribution is 5.84. The van der Waals surface area contributed by atoms with E-state index in [2.05, 4.69) is 17.4 Å². The van der Waals surface area contributed by atoms with E-state index in [1.807, 2.05) is 32.2 Å². The van der Waals surface area contributed by atoms with Gasteiger partial charge < -0.3 is 4.90 Å². The van der Waals surface area contributed by atoms with Crippen LogP contribution in [0.3, 0.4) is 0 Å². The molecule has 1 amide bonds. The van der Waals surface area contributed by atoms with E-state index in [0.29, 0.717) is 0 Å². The fourth-order valence-electron chi connectivity index (χ4n) is 1.91. The van der Waals surface area contributed by atoms with Gasteiger partial charge in [0.05, 0.1) is 12.2 Å². The lowest BCUT2D eigenvalue weighted by molar-refractivity contribution is -0.128. The van der Waals surface area contributed by atoms with E-state index in [1.54, 1.807) is 4.90 Å². The Labute approximate surface area is 90.1 Å². The highest BCUT2D eigenvalue weighted by atomic mass is 16.2. The van der Waals surface area contributed by atoms with Crippen LogP contribution in [0, 0.1) is 0 Å². The molecule has 0 unspecified atom stereocenters. The molecule has 1 aromatic carbocycles. The summed E-state index contributed by atoms with van der Waals surface area (Å²) in [5.41, 5.74) is 1.20. The van der Waals surface area contributed by atoms with E-state index >= 15 is 0 Å². The second-order valence-electron chi connectivity index (χ2n) is 4.03. The molecule has 1 aliphatic heterocycles. The van der Waals surface area contributed by atoms with Gasteiger partial charge in [0, 0.05) is 7.05 Å². The van der Waals surface area contributed by atoms with Gasteiger partial charge in [-0.1, -0.05) is 30.3 Å². The van der Waals surface area contributed by atoms with E-state index < -0.39 is 0 Å². The Morgan fingerprint density at radius 1 is 1.33 bits per heavy atom. The molecule has 3 nitrogen and oxygen atoms in total. The zero-order chi connectivity index (χ0) is 10.8. The second-order valence-corrected chi connectivity index (χ2v) is 4.03. The van der Waals surface area contributed by atoms with Crippen molar-refractivity contribution >= 4 is 5.91 Å². The summed E-state index contributed by atoms with van der Waals surface area (Å²) in [6.07, 6.45) is 0.917. The molecule has 15 heavy (non-hydrogen) atoms. The minimum atomic E-state index is -0.0626. The van der Waals surface area contributed by atoms with Crippen molar-refractivity contribution in [2.24, 2.45) is 0 Å². The lowest BCUT2D eigenvalue weighted by Crippen LogP contribution is -2.32. The van der Waals surface area contributed by atoms with Crippen LogP contribution in [0.15, 0.2) is 30.3 Å². The number of hydrogen-bond acceptors (Lipinski definition) is 2. The lowest BCUT2D eigenvalue weighted by Gasteiger charge is -2.12. The molecule has 1 heterocycles. The third-order valence-corrected chi connectivity index (χ3v) is 2.95. The van der Waals surface area contributed by atoms with Gasteiger partial charge in [0.2, 0.25) is 5.91 Å². The standard InChI is InChI=1S/C12H16N2O/c1-9-13-11(12(15)14(9)2)8-10-6-4-3-5-7-10/h3-7,9,11,13H,8H2,1-2H3/t9-,11+/m1/s1. The number of rotatable bonds is 2. The first-order chi connectivity index (χ1) is 7.18. The Kier molecular flexibility index (Phi) is 2.73. The van der Waals surface area contributed by atoms with Crippen LogP contribution < -0.4 is 5.32 Å². The Balaban J connectivity index is 2.05. The Bertz CT molecular complexity index is 350. The first-order valence-electron chi connectivity index (χ1n) is 5.25. The SMILES string of the molecule is C[C@@H]1N[C@@H](Cc2ccccc2)C(=O)N1C. The van der Waals surface area contributed by atoms with Crippen LogP contribution in [-0.2, 0) is 11.2 Å². The van der Waals surface area contributed by atoms with E-state index in [4.69, 9.17) is 0 Å². The molecule has 1 fully saturated rings. The van der Waals surface area contributed by atoms with Crippen LogP contribution in [0.2, 0.25) is 0 Å². The van der Waals surface area contributed by atoms with Gasteiger partial charge in [-0.25, -0.2) is 0 Å². The largest absolute Gasteiger partial charge is 0.329 e. The highest BCUT2D eigenvalue weighted by Gasteiger charge is 2.33. The van der Waals surface area contributed by atoms with Crippen molar-refractivity contribution < 1.29 is 4.79 Å². The molecule has 0 aromatic heterocycles. The van der Waals surface area contributed by atoms with Crippen molar-refractivity contribution in [3.63, 3.8) is 0 Å². The summed E-state index contributed by atoms with van der Waals surface area (Å²) < 4.78 is 0. The van der Waals surface area contributed by atoms with Crippen molar-refractivity contribution in [2.75, 3.05) is 7.05 Å². The number of likely N-dealkylation sites (N-methyl/N-ethyl adjacent to an activating group) is 1. The third kappa shape index (κ3) is 2.02. The van der Waals surface area contributed by atoms with Gasteiger partial charge in [-0.2, -0.15) is 0 Å². The fourth-order valence-corrected chi connectivity index (χ4v) is 1.91. The van der Waals surface area contributed by atoms with Gasteiger partial charge in [-0.15, -0.1) is 0 Å². The second kappa shape index (κ2) is 4.03. The van der Waals surface area contributed by atoms with E-state index in [0.717, 1.165) is 6.42 Å². The summed E-state index contributed by atoms with van der Waals surface area (Å²) >= 11 is 0. The normalized spacial score (nSPS) is 26.0. The van der Waals surface area contributed by atoms with Crippen LogP contribution in [0.25, 0.3) is 0 Å². The van der Waals surface area contributed by atoms with Crippen molar-refractivity contribution in [2.45, 2.75) is 25.6 Å². The molecular formula is C12H16N2O. The van der Waals surface area contributed by atoms with Gasteiger partial charge in [-0.3, -0.25) is 10.1 Å². The summed E-state index contributed by atoms with van der Waals surface area (Å²) in [5, 5.41) is 3.28. The topological polar surface area (TPSA) is 32.3 Å². The number of nitrogens with zero attached hydrogens (tertiary/aromatic N) is 1. The maximum atomic E-state index is 11.8. The fraction of sp³-hybridized carbons (Fsp3) is 0.417. The molecular weight excluding hydrogens is 188 g/mol. The molecule has 1 N–H and O–H groups in total. The Morgan fingerprint density at radius 2 is 2.00 bits per heavy atom. The average Bonchev–Trinajstić information content (AvgIpc) is 2.48. The predicted molar refractivity (Wildman–Crippen MR) is 59.3 cm³/mol. The molecule has 80 valence electrons. The molecule has 1 aromatic rings. The number of amides is 1. The first kappa shape index (κ1) is 10.2. The number of benzene rings is 1. The number of hydrogen-bond donors (Lipinski definition) is 1. The summed E-state index contributed by atoms with van der Waals surface area (Å²) in [6, 6.07) is 10.0. The van der Waals surface area contributed by atoms with Crippen LogP contribution >= 0.6 is 0 Å². The van der Waals surface area contributed by atoms with Crippen LogP contribution in [0.5, 0.6) is 0 Å². The zero-order valence-corrected chi connectivity index (χ0v) is 9.10. The zero-order valence-electron chi connectivity index (χ0n) is 9.10. The van der Waals surface area contributed by atoms with E-state index in [-0.39, 0.29) is 18.1 Å². The van der Waals surface area contributed by atoms with E-state index in [1.165, 1.54) is 5.56 Å². The molecule has 3 heteroatoms. The van der Waals surface area contributed by atoms with Crippen LogP contribution in [0.4, 0.5) is 0 Å². The predicted octanol–water partition coefficient (Wildman–Crippen LogP) is 1.01. The van der Waals surface area contributed by atoms with Crippen molar-refractivity contribution in [3.8, 4) is 0 Å². The molecule has 1 saturated heterocycles. The summed E-state index contributed by atoms with van der Waals surface area (Å²) in [6.45, 7) is 2.00. The first-order valence-corrected chi connectivity index (χ1v) is 5.25. The summed E-state index contributed by atoms with van der Waals surface area (Å²) in [4.78, 5) is 13.5. The lowest BCUT2D eigenvalue weighted by atomic mass is 10.1. The van der Waals surface area contributed by atoms with Crippen molar-refractivity contribution in [1.29, 1.82) is 0 Å². The van der Waals surface area contributed by atoms with Crippen molar-refractivity contribution in [3.05, 3.63) is 35.9 Å².